The molecule has 0 aromatic heterocycles. The van der Waals surface area contributed by atoms with Gasteiger partial charge in [0.15, 0.2) is 0 Å². The van der Waals surface area contributed by atoms with Gasteiger partial charge in [-0.15, -0.1) is 0 Å². The fraction of sp³-hybridized carbons (Fsp3) is 0.286. The van der Waals surface area contributed by atoms with Gasteiger partial charge in [-0.25, -0.2) is 8.42 Å². The van der Waals surface area contributed by atoms with E-state index >= 15 is 0 Å². The first-order chi connectivity index (χ1) is 16.8. The van der Waals surface area contributed by atoms with Gasteiger partial charge in [0.25, 0.3) is 15.9 Å². The Bertz CT molecular complexity index is 1370. The number of amides is 2. The van der Waals surface area contributed by atoms with E-state index in [0.29, 0.717) is 22.5 Å². The SMILES string of the molecule is Cc1ccc(S(=O)(=O)N(CC(=O)Nc2ccccc2C(=O)NC(C)(C)C)c2cc(C)ccc2C)cc1. The molecule has 8 heteroatoms. The second-order valence-electron chi connectivity index (χ2n) is 9.91. The monoisotopic (exact) mass is 507 g/mol. The van der Waals surface area contributed by atoms with Gasteiger partial charge in [-0.2, -0.15) is 0 Å². The topological polar surface area (TPSA) is 95.6 Å². The molecule has 2 N–H and O–H groups in total. The maximum atomic E-state index is 13.7. The largest absolute Gasteiger partial charge is 0.347 e. The number of carbonyl (C=O) groups is 2. The second kappa shape index (κ2) is 10.5. The molecule has 0 radical (unpaired) electrons. The molecule has 7 nitrogen and oxygen atoms in total. The Kier molecular flexibility index (Phi) is 7.89. The van der Waals surface area contributed by atoms with Crippen molar-refractivity contribution < 1.29 is 18.0 Å². The van der Waals surface area contributed by atoms with Crippen LogP contribution in [0.2, 0.25) is 0 Å². The molecule has 0 heterocycles. The van der Waals surface area contributed by atoms with E-state index in [1.54, 1.807) is 49.4 Å². The lowest BCUT2D eigenvalue weighted by Crippen LogP contribution is -2.41. The zero-order valence-corrected chi connectivity index (χ0v) is 22.4. The molecule has 3 aromatic carbocycles. The minimum Gasteiger partial charge on any atom is -0.347 e. The number of nitrogens with zero attached hydrogens (tertiary/aromatic N) is 1. The van der Waals surface area contributed by atoms with Crippen molar-refractivity contribution in [2.45, 2.75) is 52.0 Å². The van der Waals surface area contributed by atoms with Crippen LogP contribution < -0.4 is 14.9 Å². The number of hydrogen-bond donors (Lipinski definition) is 2. The van der Waals surface area contributed by atoms with E-state index in [2.05, 4.69) is 10.6 Å². The molecule has 0 aliphatic heterocycles. The van der Waals surface area contributed by atoms with Crippen LogP contribution in [0.4, 0.5) is 11.4 Å². The first-order valence-corrected chi connectivity index (χ1v) is 13.1. The van der Waals surface area contributed by atoms with E-state index in [9.17, 15) is 18.0 Å². The lowest BCUT2D eigenvalue weighted by molar-refractivity contribution is -0.114. The first-order valence-electron chi connectivity index (χ1n) is 11.7. The van der Waals surface area contributed by atoms with Gasteiger partial charge in [-0.05, 0) is 83.0 Å². The Labute approximate surface area is 213 Å². The number of nitrogens with one attached hydrogen (secondary N) is 2. The Balaban J connectivity index is 1.97. The fourth-order valence-corrected chi connectivity index (χ4v) is 5.12. The quantitative estimate of drug-likeness (QED) is 0.472. The minimum absolute atomic E-state index is 0.0896. The third kappa shape index (κ3) is 6.51. The maximum absolute atomic E-state index is 13.7. The second-order valence-corrected chi connectivity index (χ2v) is 11.8. The number of hydrogen-bond acceptors (Lipinski definition) is 4. The Hall–Kier alpha value is -3.65. The molecule has 3 aromatic rings. The summed E-state index contributed by atoms with van der Waals surface area (Å²) in [4.78, 5) is 26.1. The molecule has 0 fully saturated rings. The standard InChI is InChI=1S/C28H33N3O4S/c1-19-12-15-22(16-13-19)36(34,35)31(25-17-20(2)11-14-21(25)3)18-26(32)29-24-10-8-7-9-23(24)27(33)30-28(4,5)6/h7-17H,18H2,1-6H3,(H,29,32)(H,30,33). The molecule has 0 saturated heterocycles. The summed E-state index contributed by atoms with van der Waals surface area (Å²) >= 11 is 0. The van der Waals surface area contributed by atoms with Crippen molar-refractivity contribution >= 4 is 33.2 Å². The molecular formula is C28H33N3O4S. The van der Waals surface area contributed by atoms with Crippen LogP contribution in [0.5, 0.6) is 0 Å². The van der Waals surface area contributed by atoms with Gasteiger partial charge < -0.3 is 10.6 Å². The van der Waals surface area contributed by atoms with E-state index in [0.717, 1.165) is 15.4 Å². The van der Waals surface area contributed by atoms with Gasteiger partial charge in [0.2, 0.25) is 5.91 Å². The van der Waals surface area contributed by atoms with Gasteiger partial charge in [-0.1, -0.05) is 42.0 Å². The van der Waals surface area contributed by atoms with Crippen LogP contribution in [0.25, 0.3) is 0 Å². The number of sulfonamides is 1. The van der Waals surface area contributed by atoms with Crippen molar-refractivity contribution in [2.75, 3.05) is 16.2 Å². The average Bonchev–Trinajstić information content (AvgIpc) is 2.78. The first kappa shape index (κ1) is 26.9. The van der Waals surface area contributed by atoms with Crippen LogP contribution in [0.15, 0.2) is 71.6 Å². The zero-order chi connectivity index (χ0) is 26.7. The lowest BCUT2D eigenvalue weighted by Gasteiger charge is -2.26. The van der Waals surface area contributed by atoms with E-state index in [-0.39, 0.29) is 10.8 Å². The van der Waals surface area contributed by atoms with Crippen LogP contribution in [0.1, 0.15) is 47.8 Å². The number of rotatable bonds is 7. The van der Waals surface area contributed by atoms with Crippen LogP contribution in [-0.4, -0.2) is 32.3 Å². The Morgan fingerprint density at radius 3 is 2.11 bits per heavy atom. The van der Waals surface area contributed by atoms with Crippen molar-refractivity contribution in [2.24, 2.45) is 0 Å². The van der Waals surface area contributed by atoms with Crippen molar-refractivity contribution in [1.82, 2.24) is 5.32 Å². The van der Waals surface area contributed by atoms with E-state index in [1.165, 1.54) is 12.1 Å². The molecule has 0 aliphatic rings. The highest BCUT2D eigenvalue weighted by Crippen LogP contribution is 2.28. The summed E-state index contributed by atoms with van der Waals surface area (Å²) in [5.41, 5.74) is 3.06. The molecule has 0 aliphatic carbocycles. The summed E-state index contributed by atoms with van der Waals surface area (Å²) in [5.74, 6) is -0.903. The number of anilines is 2. The van der Waals surface area contributed by atoms with Gasteiger partial charge in [0, 0.05) is 5.54 Å². The molecule has 36 heavy (non-hydrogen) atoms. The molecule has 0 bridgehead atoms. The van der Waals surface area contributed by atoms with Crippen LogP contribution in [0.3, 0.4) is 0 Å². The van der Waals surface area contributed by atoms with Crippen molar-refractivity contribution in [3.8, 4) is 0 Å². The summed E-state index contributed by atoms with van der Waals surface area (Å²) in [6, 6.07) is 18.6. The summed E-state index contributed by atoms with van der Waals surface area (Å²) in [5, 5.41) is 5.62. The summed E-state index contributed by atoms with van der Waals surface area (Å²) in [6.07, 6.45) is 0. The molecule has 0 atom stereocenters. The molecule has 0 spiro atoms. The average molecular weight is 508 g/mol. The molecule has 0 saturated carbocycles. The van der Waals surface area contributed by atoms with Gasteiger partial charge in [0.1, 0.15) is 6.54 Å². The lowest BCUT2D eigenvalue weighted by atomic mass is 10.1. The van der Waals surface area contributed by atoms with Crippen molar-refractivity contribution in [3.05, 3.63) is 89.0 Å². The smallest absolute Gasteiger partial charge is 0.264 e. The van der Waals surface area contributed by atoms with E-state index < -0.39 is 28.0 Å². The van der Waals surface area contributed by atoms with Gasteiger partial charge >= 0.3 is 0 Å². The van der Waals surface area contributed by atoms with E-state index in [1.807, 2.05) is 46.8 Å². The summed E-state index contributed by atoms with van der Waals surface area (Å²) in [7, 11) is -4.05. The predicted octanol–water partition coefficient (Wildman–Crippen LogP) is 4.97. The maximum Gasteiger partial charge on any atom is 0.264 e. The van der Waals surface area contributed by atoms with Crippen LogP contribution >= 0.6 is 0 Å². The molecular weight excluding hydrogens is 474 g/mol. The third-order valence-electron chi connectivity index (χ3n) is 5.46. The zero-order valence-electron chi connectivity index (χ0n) is 21.5. The minimum atomic E-state index is -4.05. The number of benzene rings is 3. The van der Waals surface area contributed by atoms with Gasteiger partial charge in [0.05, 0.1) is 21.8 Å². The normalized spacial score (nSPS) is 11.6. The van der Waals surface area contributed by atoms with Crippen LogP contribution in [-0.2, 0) is 14.8 Å². The molecule has 0 unspecified atom stereocenters. The predicted molar refractivity (Wildman–Crippen MR) is 144 cm³/mol. The van der Waals surface area contributed by atoms with Crippen molar-refractivity contribution in [3.63, 3.8) is 0 Å². The summed E-state index contributed by atoms with van der Waals surface area (Å²) < 4.78 is 28.5. The Morgan fingerprint density at radius 1 is 0.861 bits per heavy atom. The van der Waals surface area contributed by atoms with E-state index in [4.69, 9.17) is 0 Å². The highest BCUT2D eigenvalue weighted by Gasteiger charge is 2.29. The third-order valence-corrected chi connectivity index (χ3v) is 7.24. The van der Waals surface area contributed by atoms with Gasteiger partial charge in [-0.3, -0.25) is 13.9 Å². The number of aryl methyl sites for hydroxylation is 3. The van der Waals surface area contributed by atoms with Crippen LogP contribution in [0, 0.1) is 20.8 Å². The molecule has 2 amide bonds. The summed E-state index contributed by atoms with van der Waals surface area (Å²) in [6.45, 7) is 10.7. The highest BCUT2D eigenvalue weighted by molar-refractivity contribution is 7.92. The Morgan fingerprint density at radius 2 is 1.47 bits per heavy atom. The molecule has 3 rings (SSSR count). The van der Waals surface area contributed by atoms with Crippen molar-refractivity contribution in [1.29, 1.82) is 0 Å². The highest BCUT2D eigenvalue weighted by atomic mass is 32.2. The number of para-hydroxylation sites is 1. The number of carbonyl (C=O) groups excluding carboxylic acids is 2. The molecule has 190 valence electrons. The fourth-order valence-electron chi connectivity index (χ4n) is 3.64.